The van der Waals surface area contributed by atoms with Crippen molar-refractivity contribution in [2.24, 2.45) is 0 Å². The van der Waals surface area contributed by atoms with E-state index in [1.54, 1.807) is 6.20 Å². The van der Waals surface area contributed by atoms with Crippen molar-refractivity contribution in [1.29, 1.82) is 0 Å². The van der Waals surface area contributed by atoms with Gasteiger partial charge in [0.15, 0.2) is 0 Å². The molecule has 0 aliphatic rings. The van der Waals surface area contributed by atoms with Crippen LogP contribution in [0.15, 0.2) is 12.5 Å². The van der Waals surface area contributed by atoms with E-state index >= 15 is 0 Å². The fourth-order valence-electron chi connectivity index (χ4n) is 1.95. The van der Waals surface area contributed by atoms with Crippen molar-refractivity contribution in [1.82, 2.24) is 14.9 Å². The van der Waals surface area contributed by atoms with Crippen molar-refractivity contribution in [3.05, 3.63) is 18.2 Å². The maximum Gasteiger partial charge on any atom is 0.408 e. The molecule has 0 bridgehead atoms. The lowest BCUT2D eigenvalue weighted by Gasteiger charge is -2.23. The number of hydrogen-bond acceptors (Lipinski definition) is 4. The molecule has 0 aliphatic heterocycles. The van der Waals surface area contributed by atoms with Crippen LogP contribution in [0.2, 0.25) is 0 Å². The van der Waals surface area contributed by atoms with Crippen LogP contribution < -0.4 is 5.32 Å². The largest absolute Gasteiger partial charge is 0.444 e. The number of aromatic nitrogens is 2. The number of carbonyl (C=O) groups excluding carboxylic acids is 1. The maximum atomic E-state index is 11.9. The fraction of sp³-hybridized carbons (Fsp3) is 0.733. The molecule has 1 amide bonds. The number of nitrogens with one attached hydrogen (secondary N) is 1. The lowest BCUT2D eigenvalue weighted by molar-refractivity contribution is 0.0506. The molecule has 6 heteroatoms. The highest BCUT2D eigenvalue weighted by Gasteiger charge is 2.21. The number of hydrogen-bond donors (Lipinski definition) is 1. The Hall–Kier alpha value is -1.17. The Kier molecular flexibility index (Phi) is 6.58. The first kappa shape index (κ1) is 17.9. The van der Waals surface area contributed by atoms with Gasteiger partial charge >= 0.3 is 6.09 Å². The zero-order chi connectivity index (χ0) is 16.0. The molecule has 2 atom stereocenters. The molecule has 1 N–H and O–H groups in total. The van der Waals surface area contributed by atoms with Crippen molar-refractivity contribution in [3.8, 4) is 0 Å². The summed E-state index contributed by atoms with van der Waals surface area (Å²) in [4.78, 5) is 16.1. The van der Waals surface area contributed by atoms with E-state index in [0.717, 1.165) is 17.2 Å². The van der Waals surface area contributed by atoms with E-state index in [1.807, 2.05) is 45.8 Å². The first-order valence-electron chi connectivity index (χ1n) is 7.33. The monoisotopic (exact) mass is 313 g/mol. The van der Waals surface area contributed by atoms with Crippen molar-refractivity contribution in [2.45, 2.75) is 59.2 Å². The lowest BCUT2D eigenvalue weighted by atomic mass is 10.2. The van der Waals surface area contributed by atoms with E-state index in [4.69, 9.17) is 4.74 Å². The molecule has 0 saturated heterocycles. The van der Waals surface area contributed by atoms with Gasteiger partial charge in [-0.1, -0.05) is 6.92 Å². The van der Waals surface area contributed by atoms with Crippen LogP contribution in [0.4, 0.5) is 4.79 Å². The van der Waals surface area contributed by atoms with Crippen LogP contribution in [0.3, 0.4) is 0 Å². The summed E-state index contributed by atoms with van der Waals surface area (Å²) in [6, 6.07) is 0.201. The van der Waals surface area contributed by atoms with Crippen LogP contribution in [-0.4, -0.2) is 32.8 Å². The van der Waals surface area contributed by atoms with Crippen LogP contribution in [0, 0.1) is 0 Å². The summed E-state index contributed by atoms with van der Waals surface area (Å²) in [5.74, 6) is 2.12. The van der Waals surface area contributed by atoms with Gasteiger partial charge in [-0.05, 0) is 40.4 Å². The third-order valence-corrected chi connectivity index (χ3v) is 4.04. The molecule has 1 rings (SSSR count). The van der Waals surface area contributed by atoms with E-state index in [-0.39, 0.29) is 6.04 Å². The molecule has 0 radical (unpaired) electrons. The van der Waals surface area contributed by atoms with E-state index in [2.05, 4.69) is 28.7 Å². The molecule has 21 heavy (non-hydrogen) atoms. The quantitative estimate of drug-likeness (QED) is 0.868. The number of rotatable bonds is 6. The summed E-state index contributed by atoms with van der Waals surface area (Å²) < 4.78 is 7.40. The summed E-state index contributed by atoms with van der Waals surface area (Å²) in [6.07, 6.45) is 3.22. The Morgan fingerprint density at radius 2 is 2.14 bits per heavy atom. The van der Waals surface area contributed by atoms with Crippen LogP contribution >= 0.6 is 11.8 Å². The first-order chi connectivity index (χ1) is 9.74. The van der Waals surface area contributed by atoms with E-state index in [1.165, 1.54) is 0 Å². The van der Waals surface area contributed by atoms with Crippen molar-refractivity contribution >= 4 is 17.9 Å². The average Bonchev–Trinajstić information content (AvgIpc) is 2.82. The Balaban J connectivity index is 2.68. The number of nitrogens with zero attached hydrogens (tertiary/aromatic N) is 2. The van der Waals surface area contributed by atoms with E-state index in [0.29, 0.717) is 6.04 Å². The van der Waals surface area contributed by atoms with Crippen LogP contribution in [-0.2, 0) is 4.74 Å². The molecule has 0 aromatic carbocycles. The Bertz CT molecular complexity index is 454. The second-order valence-electron chi connectivity index (χ2n) is 6.10. The summed E-state index contributed by atoms with van der Waals surface area (Å²) in [5.41, 5.74) is 0.500. The second kappa shape index (κ2) is 7.73. The third kappa shape index (κ3) is 5.99. The number of imidazole rings is 1. The summed E-state index contributed by atoms with van der Waals surface area (Å²) >= 11 is 1.90. The predicted molar refractivity (Wildman–Crippen MR) is 87.7 cm³/mol. The average molecular weight is 313 g/mol. The Morgan fingerprint density at radius 3 is 2.71 bits per heavy atom. The molecule has 0 saturated carbocycles. The topological polar surface area (TPSA) is 56.2 Å². The van der Waals surface area contributed by atoms with Gasteiger partial charge in [-0.15, -0.1) is 0 Å². The number of thioether (sulfide) groups is 1. The first-order valence-corrected chi connectivity index (χ1v) is 8.49. The fourth-order valence-corrected chi connectivity index (χ4v) is 2.68. The van der Waals surface area contributed by atoms with Gasteiger partial charge in [-0.25, -0.2) is 9.78 Å². The second-order valence-corrected chi connectivity index (χ2v) is 7.42. The SMILES string of the molecule is CCSCC(C)n1cncc1[C@H](C)NC(=O)OC(C)(C)C. The molecule has 1 aromatic heterocycles. The zero-order valence-corrected chi connectivity index (χ0v) is 14.7. The van der Waals surface area contributed by atoms with Crippen LogP contribution in [0.5, 0.6) is 0 Å². The van der Waals surface area contributed by atoms with Gasteiger partial charge in [0.25, 0.3) is 0 Å². The highest BCUT2D eigenvalue weighted by molar-refractivity contribution is 7.99. The van der Waals surface area contributed by atoms with Crippen LogP contribution in [0.1, 0.15) is 59.3 Å². The van der Waals surface area contributed by atoms with Gasteiger partial charge in [0, 0.05) is 11.8 Å². The van der Waals surface area contributed by atoms with Gasteiger partial charge in [0.1, 0.15) is 5.60 Å². The third-order valence-electron chi connectivity index (χ3n) is 2.91. The number of alkyl carbamates (subject to hydrolysis) is 1. The summed E-state index contributed by atoms with van der Waals surface area (Å²) in [7, 11) is 0. The van der Waals surface area contributed by atoms with Gasteiger partial charge < -0.3 is 14.6 Å². The van der Waals surface area contributed by atoms with Crippen molar-refractivity contribution < 1.29 is 9.53 Å². The van der Waals surface area contributed by atoms with Crippen molar-refractivity contribution in [2.75, 3.05) is 11.5 Å². The standard InChI is InChI=1S/C15H27N3O2S/c1-7-21-9-11(2)18-10-16-8-13(18)12(3)17-14(19)20-15(4,5)6/h8,10-12H,7,9H2,1-6H3,(H,17,19)/t11?,12-/m0/s1. The lowest BCUT2D eigenvalue weighted by Crippen LogP contribution is -2.34. The van der Waals surface area contributed by atoms with Gasteiger partial charge in [0.2, 0.25) is 0 Å². The van der Waals surface area contributed by atoms with Gasteiger partial charge in [0.05, 0.1) is 24.3 Å². The molecule has 0 spiro atoms. The number of amides is 1. The number of carbonyl (C=O) groups is 1. The highest BCUT2D eigenvalue weighted by Crippen LogP contribution is 2.20. The van der Waals surface area contributed by atoms with E-state index in [9.17, 15) is 4.79 Å². The molecule has 0 aliphatic carbocycles. The molecular weight excluding hydrogens is 286 g/mol. The van der Waals surface area contributed by atoms with Gasteiger partial charge in [-0.3, -0.25) is 0 Å². The molecule has 1 aromatic rings. The Morgan fingerprint density at radius 1 is 1.48 bits per heavy atom. The zero-order valence-electron chi connectivity index (χ0n) is 13.8. The minimum atomic E-state index is -0.491. The molecule has 120 valence electrons. The van der Waals surface area contributed by atoms with E-state index < -0.39 is 11.7 Å². The Labute approximate surface area is 131 Å². The number of ether oxygens (including phenoxy) is 1. The van der Waals surface area contributed by atoms with Gasteiger partial charge in [-0.2, -0.15) is 11.8 Å². The molecule has 1 unspecified atom stereocenters. The highest BCUT2D eigenvalue weighted by atomic mass is 32.2. The maximum absolute atomic E-state index is 11.9. The predicted octanol–water partition coefficient (Wildman–Crippen LogP) is 3.78. The minimum absolute atomic E-state index is 0.142. The summed E-state index contributed by atoms with van der Waals surface area (Å²) in [6.45, 7) is 11.8. The molecule has 1 heterocycles. The smallest absolute Gasteiger partial charge is 0.408 e. The van der Waals surface area contributed by atoms with Crippen molar-refractivity contribution in [3.63, 3.8) is 0 Å². The molecule has 0 fully saturated rings. The molecular formula is C15H27N3O2S. The van der Waals surface area contributed by atoms with Crippen LogP contribution in [0.25, 0.3) is 0 Å². The normalized spacial score (nSPS) is 14.6. The molecule has 5 nitrogen and oxygen atoms in total. The minimum Gasteiger partial charge on any atom is -0.444 e. The summed E-state index contributed by atoms with van der Waals surface area (Å²) in [5, 5.41) is 2.86.